The number of hydrogen-bond acceptors (Lipinski definition) is 7. The molecule has 1 aromatic carbocycles. The zero-order valence-electron chi connectivity index (χ0n) is 15.9. The molecule has 144 valence electrons. The fraction of sp³-hybridized carbons (Fsp3) is 0.450. The van der Waals surface area contributed by atoms with Crippen LogP contribution in [-0.4, -0.2) is 49.4 Å². The molecule has 3 aliphatic heterocycles. The van der Waals surface area contributed by atoms with E-state index in [-0.39, 0.29) is 0 Å². The number of nitrogens with zero attached hydrogens (tertiary/aromatic N) is 2. The summed E-state index contributed by atoms with van der Waals surface area (Å²) in [4.78, 5) is 9.46. The van der Waals surface area contributed by atoms with Crippen molar-refractivity contribution in [1.82, 2.24) is 15.6 Å². The molecule has 1 aliphatic carbocycles. The second kappa shape index (κ2) is 7.72. The molecule has 4 fully saturated rings. The Kier molecular flexibility index (Phi) is 5.15. The number of rotatable bonds is 4. The van der Waals surface area contributed by atoms with Gasteiger partial charge in [-0.15, -0.1) is 5.59 Å². The zero-order chi connectivity index (χ0) is 18.8. The van der Waals surface area contributed by atoms with Crippen molar-refractivity contribution in [2.75, 3.05) is 26.6 Å². The molecule has 2 N–H and O–H groups in total. The third kappa shape index (κ3) is 3.34. The predicted octanol–water partition coefficient (Wildman–Crippen LogP) is 2.85. The van der Waals surface area contributed by atoms with Crippen LogP contribution in [0.25, 0.3) is 11.1 Å². The van der Waals surface area contributed by atoms with Crippen LogP contribution < -0.4 is 20.4 Å². The van der Waals surface area contributed by atoms with E-state index in [1.807, 2.05) is 37.5 Å². The highest BCUT2D eigenvalue weighted by molar-refractivity contribution is 5.78. The molecular weight excluding hydrogens is 344 g/mol. The number of piperidine rings is 1. The van der Waals surface area contributed by atoms with Crippen molar-refractivity contribution >= 4 is 5.69 Å². The minimum Gasteiger partial charge on any atom is -0.493 e. The van der Waals surface area contributed by atoms with Crippen LogP contribution in [0, 0.1) is 0 Å². The summed E-state index contributed by atoms with van der Waals surface area (Å²) in [5.74, 6) is 1.43. The quantitative estimate of drug-likeness (QED) is 0.858. The van der Waals surface area contributed by atoms with Gasteiger partial charge in [0.1, 0.15) is 0 Å². The van der Waals surface area contributed by atoms with Crippen LogP contribution in [0.15, 0.2) is 36.7 Å². The Balaban J connectivity index is 0.000000163. The number of nitrogens with one attached hydrogen (secondary N) is 2. The molecule has 6 rings (SSSR count). The lowest BCUT2D eigenvalue weighted by Crippen LogP contribution is -2.61. The van der Waals surface area contributed by atoms with E-state index in [2.05, 4.69) is 20.9 Å². The van der Waals surface area contributed by atoms with E-state index in [1.165, 1.54) is 19.3 Å². The van der Waals surface area contributed by atoms with Crippen LogP contribution in [-0.2, 0) is 4.84 Å². The van der Waals surface area contributed by atoms with E-state index in [0.717, 1.165) is 34.6 Å². The van der Waals surface area contributed by atoms with Gasteiger partial charge in [-0.05, 0) is 43.0 Å². The van der Waals surface area contributed by atoms with Gasteiger partial charge in [-0.25, -0.2) is 5.01 Å². The van der Waals surface area contributed by atoms with Crippen molar-refractivity contribution in [3.8, 4) is 22.6 Å². The summed E-state index contributed by atoms with van der Waals surface area (Å²) >= 11 is 0. The highest BCUT2D eigenvalue weighted by Crippen LogP contribution is 2.41. The third-order valence-corrected chi connectivity index (χ3v) is 5.57. The molecule has 4 unspecified atom stereocenters. The molecule has 4 aliphatic rings. The van der Waals surface area contributed by atoms with Crippen molar-refractivity contribution in [2.24, 2.45) is 0 Å². The van der Waals surface area contributed by atoms with Gasteiger partial charge in [0.25, 0.3) is 0 Å². The zero-order valence-corrected chi connectivity index (χ0v) is 15.9. The van der Waals surface area contributed by atoms with Gasteiger partial charge in [0, 0.05) is 36.7 Å². The first-order valence-corrected chi connectivity index (χ1v) is 9.29. The summed E-state index contributed by atoms with van der Waals surface area (Å²) < 4.78 is 10.5. The Hall–Kier alpha value is -2.35. The van der Waals surface area contributed by atoms with Crippen LogP contribution in [0.3, 0.4) is 0 Å². The first-order valence-electron chi connectivity index (χ1n) is 9.29. The van der Waals surface area contributed by atoms with E-state index in [9.17, 15) is 0 Å². The normalized spacial score (nSPS) is 27.1. The van der Waals surface area contributed by atoms with Gasteiger partial charge >= 0.3 is 0 Å². The van der Waals surface area contributed by atoms with Crippen LogP contribution in [0.4, 0.5) is 5.69 Å². The molecule has 4 heterocycles. The average Bonchev–Trinajstić information content (AvgIpc) is 2.95. The average molecular weight is 370 g/mol. The standard InChI is InChI=1S/C14H16N2O2.C6H10N2O/c1-15-12-6-7-16-9-11(12)10-4-5-13(17-2)14(8-10)18-3;1-2-6-5-3-4(1)8(5)7-9-6/h4-9H,1-3H3,(H,15,16);4-7H,1-3H2. The topological polar surface area (TPSA) is 67.9 Å². The number of aromatic nitrogens is 1. The lowest BCUT2D eigenvalue weighted by Gasteiger charge is -2.47. The molecular formula is C20H26N4O3. The number of benzene rings is 1. The summed E-state index contributed by atoms with van der Waals surface area (Å²) in [5.41, 5.74) is 6.04. The number of methoxy groups -OCH3 is 2. The van der Waals surface area contributed by atoms with Crippen LogP contribution >= 0.6 is 0 Å². The van der Waals surface area contributed by atoms with Gasteiger partial charge < -0.3 is 14.8 Å². The number of hydrazine groups is 1. The molecule has 0 radical (unpaired) electrons. The summed E-state index contributed by atoms with van der Waals surface area (Å²) in [6.45, 7) is 0. The van der Waals surface area contributed by atoms with Gasteiger partial charge in [0.15, 0.2) is 11.5 Å². The van der Waals surface area contributed by atoms with Gasteiger partial charge in [-0.2, -0.15) is 0 Å². The smallest absolute Gasteiger partial charge is 0.161 e. The fourth-order valence-corrected chi connectivity index (χ4v) is 4.03. The number of ether oxygens (including phenoxy) is 2. The highest BCUT2D eigenvalue weighted by Gasteiger charge is 2.52. The van der Waals surface area contributed by atoms with E-state index in [0.29, 0.717) is 11.9 Å². The van der Waals surface area contributed by atoms with Crippen LogP contribution in [0.1, 0.15) is 19.3 Å². The maximum Gasteiger partial charge on any atom is 0.161 e. The van der Waals surface area contributed by atoms with Crippen LogP contribution in [0.2, 0.25) is 0 Å². The lowest BCUT2D eigenvalue weighted by atomic mass is 9.80. The number of anilines is 1. The highest BCUT2D eigenvalue weighted by atomic mass is 16.7. The van der Waals surface area contributed by atoms with E-state index in [1.54, 1.807) is 20.4 Å². The number of pyridine rings is 1. The minimum absolute atomic E-state index is 0.509. The first-order chi connectivity index (χ1) is 13.2. The molecule has 7 heteroatoms. The Morgan fingerprint density at radius 3 is 2.70 bits per heavy atom. The molecule has 0 amide bonds. The van der Waals surface area contributed by atoms with Crippen LogP contribution in [0.5, 0.6) is 11.5 Å². The fourth-order valence-electron chi connectivity index (χ4n) is 4.03. The summed E-state index contributed by atoms with van der Waals surface area (Å²) in [6.07, 6.45) is 8.04. The molecule has 7 nitrogen and oxygen atoms in total. The molecule has 4 bridgehead atoms. The molecule has 1 saturated carbocycles. The maximum atomic E-state index is 5.31. The lowest BCUT2D eigenvalue weighted by molar-refractivity contribution is -0.0500. The van der Waals surface area contributed by atoms with E-state index >= 15 is 0 Å². The second-order valence-corrected chi connectivity index (χ2v) is 6.93. The molecule has 27 heavy (non-hydrogen) atoms. The van der Waals surface area contributed by atoms with Gasteiger partial charge in [0.2, 0.25) is 0 Å². The molecule has 1 aromatic heterocycles. The number of hydrogen-bond donors (Lipinski definition) is 2. The van der Waals surface area contributed by atoms with E-state index in [4.69, 9.17) is 14.3 Å². The summed E-state index contributed by atoms with van der Waals surface area (Å²) in [6, 6.07) is 9.28. The summed E-state index contributed by atoms with van der Waals surface area (Å²) in [5, 5.41) is 5.41. The molecule has 3 saturated heterocycles. The SMILES string of the molecule is C1CC2CC3C1ONN23.CNc1ccncc1-c1ccc(OC)c(OC)c1. The van der Waals surface area contributed by atoms with Crippen molar-refractivity contribution in [1.29, 1.82) is 0 Å². The van der Waals surface area contributed by atoms with Gasteiger partial charge in [-0.1, -0.05) is 6.07 Å². The predicted molar refractivity (Wildman–Crippen MR) is 104 cm³/mol. The third-order valence-electron chi connectivity index (χ3n) is 5.57. The van der Waals surface area contributed by atoms with Crippen molar-refractivity contribution < 1.29 is 14.3 Å². The largest absolute Gasteiger partial charge is 0.493 e. The Labute approximate surface area is 159 Å². The maximum absolute atomic E-state index is 5.31. The number of fused-ring (bicyclic) bond motifs is 1. The second-order valence-electron chi connectivity index (χ2n) is 6.93. The molecule has 0 spiro atoms. The van der Waals surface area contributed by atoms with E-state index < -0.39 is 0 Å². The monoisotopic (exact) mass is 370 g/mol. The minimum atomic E-state index is 0.509. The molecule has 4 atom stereocenters. The Bertz CT molecular complexity index is 782. The van der Waals surface area contributed by atoms with Crippen molar-refractivity contribution in [2.45, 2.75) is 37.5 Å². The first kappa shape index (κ1) is 18.0. The van der Waals surface area contributed by atoms with Gasteiger partial charge in [0.05, 0.1) is 26.4 Å². The van der Waals surface area contributed by atoms with Crippen molar-refractivity contribution in [3.63, 3.8) is 0 Å². The molecule has 2 aromatic rings. The Morgan fingerprint density at radius 2 is 2.04 bits per heavy atom. The van der Waals surface area contributed by atoms with Crippen molar-refractivity contribution in [3.05, 3.63) is 36.7 Å². The Morgan fingerprint density at radius 1 is 1.19 bits per heavy atom. The summed E-state index contributed by atoms with van der Waals surface area (Å²) in [7, 11) is 5.14. The van der Waals surface area contributed by atoms with Gasteiger partial charge in [-0.3, -0.25) is 9.82 Å².